The number of carbonyl (C=O) groups is 1. The average molecular weight is 391 g/mol. The van der Waals surface area contributed by atoms with Gasteiger partial charge in [-0.3, -0.25) is 10.1 Å². The molecule has 0 atom stereocenters. The van der Waals surface area contributed by atoms with Crippen LogP contribution in [0.15, 0.2) is 42.5 Å². The number of benzene rings is 1. The number of nitrogens with zero attached hydrogens (tertiary/aromatic N) is 4. The van der Waals surface area contributed by atoms with Crippen molar-refractivity contribution in [2.24, 2.45) is 5.92 Å². The molecule has 2 aliphatic rings. The highest BCUT2D eigenvalue weighted by Crippen LogP contribution is 2.30. The Morgan fingerprint density at radius 3 is 2.55 bits per heavy atom. The van der Waals surface area contributed by atoms with Crippen LogP contribution in [0, 0.1) is 12.8 Å². The number of aryl methyl sites for hydroxylation is 1. The van der Waals surface area contributed by atoms with Crippen LogP contribution in [0.25, 0.3) is 5.65 Å². The maximum Gasteiger partial charge on any atom is 0.249 e. The molecule has 0 unspecified atom stereocenters. The zero-order chi connectivity index (χ0) is 19.8. The minimum atomic E-state index is 0.0246. The predicted molar refractivity (Wildman–Crippen MR) is 111 cm³/mol. The zero-order valence-electron chi connectivity index (χ0n) is 16.5. The highest BCUT2D eigenvalue weighted by atomic mass is 16.5. The van der Waals surface area contributed by atoms with Gasteiger partial charge in [-0.05, 0) is 44.0 Å². The topological polar surface area (TPSA) is 71.8 Å². The lowest BCUT2D eigenvalue weighted by molar-refractivity contribution is -0.117. The van der Waals surface area contributed by atoms with Gasteiger partial charge in [0.15, 0.2) is 5.65 Å². The first-order valence-electron chi connectivity index (χ1n) is 10.3. The molecule has 2 fully saturated rings. The summed E-state index contributed by atoms with van der Waals surface area (Å²) in [5, 5.41) is 7.37. The van der Waals surface area contributed by atoms with Crippen LogP contribution in [0.5, 0.6) is 5.75 Å². The van der Waals surface area contributed by atoms with Gasteiger partial charge in [0.05, 0.1) is 0 Å². The number of carbonyl (C=O) groups excluding carboxylic acids is 1. The number of rotatable bonds is 5. The van der Waals surface area contributed by atoms with Crippen LogP contribution < -0.4 is 15.0 Å². The summed E-state index contributed by atoms with van der Waals surface area (Å²) >= 11 is 0. The number of piperidine rings is 1. The Kier molecular flexibility index (Phi) is 4.58. The number of hydrogen-bond acceptors (Lipinski definition) is 5. The number of pyridine rings is 1. The molecule has 3 heterocycles. The SMILES string of the molecule is Cc1ccc(OC2CCN(c3cccc4nc(NC(=O)C5CC5)nn34)CC2)cc1. The molecule has 3 aromatic rings. The summed E-state index contributed by atoms with van der Waals surface area (Å²) in [6, 6.07) is 14.2. The Morgan fingerprint density at radius 2 is 1.83 bits per heavy atom. The monoisotopic (exact) mass is 391 g/mol. The summed E-state index contributed by atoms with van der Waals surface area (Å²) in [5.41, 5.74) is 1.98. The van der Waals surface area contributed by atoms with Gasteiger partial charge in [0.2, 0.25) is 11.9 Å². The lowest BCUT2D eigenvalue weighted by Gasteiger charge is -2.33. The third-order valence-corrected chi connectivity index (χ3v) is 5.61. The van der Waals surface area contributed by atoms with Crippen LogP contribution in [0.3, 0.4) is 0 Å². The quantitative estimate of drug-likeness (QED) is 0.721. The largest absolute Gasteiger partial charge is 0.490 e. The second-order valence-corrected chi connectivity index (χ2v) is 7.97. The highest BCUT2D eigenvalue weighted by molar-refractivity contribution is 5.92. The Labute approximate surface area is 169 Å². The fraction of sp³-hybridized carbons (Fsp3) is 0.409. The molecule has 5 rings (SSSR count). The summed E-state index contributed by atoms with van der Waals surface area (Å²) < 4.78 is 7.97. The number of hydrogen-bond donors (Lipinski definition) is 1. The molecule has 1 saturated heterocycles. The van der Waals surface area contributed by atoms with Gasteiger partial charge in [-0.1, -0.05) is 23.8 Å². The lowest BCUT2D eigenvalue weighted by atomic mass is 10.1. The van der Waals surface area contributed by atoms with Crippen molar-refractivity contribution in [3.05, 3.63) is 48.0 Å². The number of fused-ring (bicyclic) bond motifs is 1. The van der Waals surface area contributed by atoms with E-state index >= 15 is 0 Å². The fourth-order valence-corrected chi connectivity index (χ4v) is 3.75. The zero-order valence-corrected chi connectivity index (χ0v) is 16.5. The third kappa shape index (κ3) is 3.90. The van der Waals surface area contributed by atoms with Crippen molar-refractivity contribution in [1.29, 1.82) is 0 Å². The summed E-state index contributed by atoms with van der Waals surface area (Å²) in [6.07, 6.45) is 4.04. The van der Waals surface area contributed by atoms with Crippen molar-refractivity contribution < 1.29 is 9.53 Å². The first-order chi connectivity index (χ1) is 14.2. The van der Waals surface area contributed by atoms with Crippen molar-refractivity contribution in [2.75, 3.05) is 23.3 Å². The minimum absolute atomic E-state index is 0.0246. The van der Waals surface area contributed by atoms with E-state index in [1.54, 1.807) is 0 Å². The van der Waals surface area contributed by atoms with Crippen LogP contribution in [-0.2, 0) is 4.79 Å². The van der Waals surface area contributed by atoms with E-state index in [4.69, 9.17) is 4.74 Å². The van der Waals surface area contributed by atoms with E-state index in [0.29, 0.717) is 5.95 Å². The van der Waals surface area contributed by atoms with Gasteiger partial charge >= 0.3 is 0 Å². The van der Waals surface area contributed by atoms with Crippen LogP contribution >= 0.6 is 0 Å². The van der Waals surface area contributed by atoms with Gasteiger partial charge in [0.25, 0.3) is 0 Å². The molecule has 1 aromatic carbocycles. The Hall–Kier alpha value is -3.09. The fourth-order valence-electron chi connectivity index (χ4n) is 3.75. The third-order valence-electron chi connectivity index (χ3n) is 5.61. The molecule has 1 saturated carbocycles. The van der Waals surface area contributed by atoms with Crippen molar-refractivity contribution in [1.82, 2.24) is 14.6 Å². The Balaban J connectivity index is 1.26. The van der Waals surface area contributed by atoms with E-state index in [1.807, 2.05) is 28.8 Å². The lowest BCUT2D eigenvalue weighted by Crippen LogP contribution is -2.39. The van der Waals surface area contributed by atoms with E-state index in [-0.39, 0.29) is 17.9 Å². The summed E-state index contributed by atoms with van der Waals surface area (Å²) in [6.45, 7) is 3.86. The standard InChI is InChI=1S/C22H25N5O2/c1-15-5-9-17(10-6-15)29-18-11-13-26(14-12-18)20-4-2-3-19-23-22(25-27(19)20)24-21(28)16-7-8-16/h2-6,9-10,16,18H,7-8,11-14H2,1H3,(H,24,25,28). The molecule has 7 nitrogen and oxygen atoms in total. The maximum absolute atomic E-state index is 12.0. The van der Waals surface area contributed by atoms with E-state index in [1.165, 1.54) is 5.56 Å². The maximum atomic E-state index is 12.0. The van der Waals surface area contributed by atoms with Gasteiger partial charge in [-0.25, -0.2) is 0 Å². The summed E-state index contributed by atoms with van der Waals surface area (Å²) in [7, 11) is 0. The number of ether oxygens (including phenoxy) is 1. The van der Waals surface area contributed by atoms with Crippen molar-refractivity contribution >= 4 is 23.3 Å². The molecule has 29 heavy (non-hydrogen) atoms. The van der Waals surface area contributed by atoms with E-state index in [0.717, 1.165) is 56.0 Å². The molecular formula is C22H25N5O2. The minimum Gasteiger partial charge on any atom is -0.490 e. The Bertz CT molecular complexity index is 1020. The van der Waals surface area contributed by atoms with Gasteiger partial charge in [-0.15, -0.1) is 5.10 Å². The van der Waals surface area contributed by atoms with E-state index in [9.17, 15) is 4.79 Å². The number of anilines is 2. The summed E-state index contributed by atoms with van der Waals surface area (Å²) in [5.74, 6) is 2.47. The van der Waals surface area contributed by atoms with E-state index in [2.05, 4.69) is 45.4 Å². The number of aromatic nitrogens is 3. The second kappa shape index (κ2) is 7.39. The van der Waals surface area contributed by atoms with Crippen LogP contribution in [-0.4, -0.2) is 39.7 Å². The molecule has 1 aliphatic heterocycles. The first-order valence-corrected chi connectivity index (χ1v) is 10.3. The molecule has 2 aromatic heterocycles. The molecule has 7 heteroatoms. The molecule has 0 bridgehead atoms. The molecule has 0 radical (unpaired) electrons. The number of nitrogens with one attached hydrogen (secondary N) is 1. The van der Waals surface area contributed by atoms with Crippen LogP contribution in [0.4, 0.5) is 11.8 Å². The Morgan fingerprint density at radius 1 is 1.07 bits per heavy atom. The normalized spacial score (nSPS) is 17.5. The average Bonchev–Trinajstić information content (AvgIpc) is 3.50. The second-order valence-electron chi connectivity index (χ2n) is 7.97. The van der Waals surface area contributed by atoms with Crippen LogP contribution in [0.1, 0.15) is 31.2 Å². The molecule has 1 amide bonds. The molecule has 0 spiro atoms. The van der Waals surface area contributed by atoms with Crippen LogP contribution in [0.2, 0.25) is 0 Å². The van der Waals surface area contributed by atoms with Crippen molar-refractivity contribution in [2.45, 2.75) is 38.7 Å². The van der Waals surface area contributed by atoms with Gasteiger partial charge in [0.1, 0.15) is 17.7 Å². The highest BCUT2D eigenvalue weighted by Gasteiger charge is 2.30. The van der Waals surface area contributed by atoms with Crippen molar-refractivity contribution in [3.8, 4) is 5.75 Å². The molecular weight excluding hydrogens is 366 g/mol. The first kappa shape index (κ1) is 18.0. The van der Waals surface area contributed by atoms with Gasteiger partial charge in [-0.2, -0.15) is 9.50 Å². The molecule has 150 valence electrons. The predicted octanol–water partition coefficient (Wildman–Crippen LogP) is 3.43. The smallest absolute Gasteiger partial charge is 0.249 e. The van der Waals surface area contributed by atoms with Gasteiger partial charge < -0.3 is 9.64 Å². The summed E-state index contributed by atoms with van der Waals surface area (Å²) in [4.78, 5) is 18.8. The van der Waals surface area contributed by atoms with Crippen molar-refractivity contribution in [3.63, 3.8) is 0 Å². The van der Waals surface area contributed by atoms with Gasteiger partial charge in [0, 0.05) is 31.8 Å². The molecule has 1 N–H and O–H groups in total. The molecule has 1 aliphatic carbocycles. The van der Waals surface area contributed by atoms with E-state index < -0.39 is 0 Å². The number of amides is 1.